The van der Waals surface area contributed by atoms with E-state index in [4.69, 9.17) is 9.47 Å². The maximum absolute atomic E-state index is 14.2. The molecule has 1 aliphatic heterocycles. The van der Waals surface area contributed by atoms with Gasteiger partial charge in [-0.05, 0) is 64.6 Å². The van der Waals surface area contributed by atoms with Gasteiger partial charge in [-0.25, -0.2) is 0 Å². The number of carbonyl (C=O) groups excluding carboxylic acids is 2. The van der Waals surface area contributed by atoms with Crippen LogP contribution in [-0.4, -0.2) is 87.0 Å². The molecule has 11 heteroatoms. The van der Waals surface area contributed by atoms with Crippen molar-refractivity contribution in [2.75, 3.05) is 13.7 Å². The van der Waals surface area contributed by atoms with E-state index in [2.05, 4.69) is 12.2 Å². The predicted molar refractivity (Wildman–Crippen MR) is 154 cm³/mol. The summed E-state index contributed by atoms with van der Waals surface area (Å²) in [4.78, 5) is 28.3. The second kappa shape index (κ2) is 13.4. The van der Waals surface area contributed by atoms with Gasteiger partial charge in [0.15, 0.2) is 5.78 Å². The van der Waals surface area contributed by atoms with E-state index >= 15 is 0 Å². The topological polar surface area (TPSA) is 146 Å². The zero-order valence-corrected chi connectivity index (χ0v) is 37.3. The molecule has 2 bridgehead atoms. The molecule has 43 heavy (non-hydrogen) atoms. The van der Waals surface area contributed by atoms with Gasteiger partial charge in [-0.1, -0.05) is 41.0 Å². The number of carbonyl (C=O) groups is 2. The number of aliphatic hydroxyl groups excluding tert-OH is 2. The number of ether oxygens (including phenoxy) is 2. The molecule has 0 aromatic rings. The fraction of sp³-hybridized carbons (Fsp3) is 0.875. The van der Waals surface area contributed by atoms with Crippen LogP contribution in [0.2, 0.25) is 0 Å². The summed E-state index contributed by atoms with van der Waals surface area (Å²) in [5.74, 6) is -2.64. The Labute approximate surface area is 329 Å². The first-order valence-electron chi connectivity index (χ1n) is 15.4. The van der Waals surface area contributed by atoms with Gasteiger partial charge >= 0.3 is 5.97 Å². The molecule has 1 heterocycles. The van der Waals surface area contributed by atoms with Crippen LogP contribution in [0.3, 0.4) is 0 Å². The number of hydrogen-bond donors (Lipinski definition) is 5. The minimum absolute atomic E-state index is 0. The smallest absolute Gasteiger partial charge is 0.314 e. The summed E-state index contributed by atoms with van der Waals surface area (Å²) in [6.07, 6.45) is -2.18. The van der Waals surface area contributed by atoms with Crippen molar-refractivity contribution in [1.82, 2.24) is 5.32 Å². The van der Waals surface area contributed by atoms with Crippen molar-refractivity contribution in [2.45, 2.75) is 136 Å². The molecule has 3 aliphatic carbocycles. The Hall–Kier alpha value is 1.52. The molecular formula is C32H53Ac2NO8. The molecule has 4 rings (SSSR count). The number of rotatable bonds is 7. The van der Waals surface area contributed by atoms with Crippen LogP contribution in [0, 0.1) is 116 Å². The van der Waals surface area contributed by atoms with Crippen LogP contribution in [0.25, 0.3) is 0 Å². The van der Waals surface area contributed by atoms with E-state index in [0.717, 1.165) is 12.8 Å². The van der Waals surface area contributed by atoms with Crippen LogP contribution in [0.15, 0.2) is 11.1 Å². The largest absolute Gasteiger partial charge is 0.457 e. The Morgan fingerprint density at radius 3 is 2.19 bits per heavy atom. The van der Waals surface area contributed by atoms with E-state index in [1.807, 2.05) is 27.8 Å². The van der Waals surface area contributed by atoms with Crippen LogP contribution in [0.4, 0.5) is 0 Å². The zero-order chi connectivity index (χ0) is 31.1. The van der Waals surface area contributed by atoms with Gasteiger partial charge in [0.05, 0.1) is 35.2 Å². The molecule has 0 amide bonds. The molecule has 3 fully saturated rings. The van der Waals surface area contributed by atoms with Crippen LogP contribution < -0.4 is 5.32 Å². The normalized spacial score (nSPS) is 42.7. The van der Waals surface area contributed by atoms with Crippen LogP contribution in [-0.2, 0) is 19.1 Å². The number of ketones is 1. The standard InChI is InChI=1S/C32H53NO8.2Ac/c1-11-13-29(8,33-10)28(7,12-2)26(37)41-19-15-32(39)18(4)24-30(9,20(34)14-21-31(24,38)16-40-21)25(36)23(35)22(17(19)3)27(32,5)6;;/h18-21,23-24,33-35,38-39H,11-16H2,1-10H3;;/t18-,19-,20-,21+,23+,24?,28?,29?,30+,31-,32+;;/m0../s1. The molecule has 2 saturated carbocycles. The molecule has 0 aromatic carbocycles. The Bertz CT molecular complexity index is 1130. The van der Waals surface area contributed by atoms with E-state index in [1.54, 1.807) is 34.6 Å². The van der Waals surface area contributed by atoms with E-state index in [0.29, 0.717) is 17.6 Å². The average molecular weight is 1030 g/mol. The van der Waals surface area contributed by atoms with Gasteiger partial charge < -0.3 is 35.2 Å². The maximum atomic E-state index is 14.2. The minimum Gasteiger partial charge on any atom is -0.457 e. The van der Waals surface area contributed by atoms with Gasteiger partial charge in [0.2, 0.25) is 0 Å². The van der Waals surface area contributed by atoms with Crippen molar-refractivity contribution in [1.29, 1.82) is 0 Å². The third kappa shape index (κ3) is 5.53. The molecule has 240 valence electrons. The molecule has 9 nitrogen and oxygen atoms in total. The number of hydrogen-bond acceptors (Lipinski definition) is 9. The van der Waals surface area contributed by atoms with E-state index < -0.39 is 81.0 Å². The molecule has 11 atom stereocenters. The first-order chi connectivity index (χ1) is 18.8. The van der Waals surface area contributed by atoms with Crippen molar-refractivity contribution in [3.63, 3.8) is 0 Å². The quantitative estimate of drug-likeness (QED) is 0.192. The van der Waals surface area contributed by atoms with E-state index in [1.165, 1.54) is 0 Å². The first kappa shape index (κ1) is 40.7. The second-order valence-corrected chi connectivity index (χ2v) is 14.6. The second-order valence-electron chi connectivity index (χ2n) is 14.6. The average Bonchev–Trinajstić information content (AvgIpc) is 2.91. The fourth-order valence-corrected chi connectivity index (χ4v) is 9.31. The third-order valence-corrected chi connectivity index (χ3v) is 12.8. The first-order valence-corrected chi connectivity index (χ1v) is 15.4. The van der Waals surface area contributed by atoms with Crippen molar-refractivity contribution >= 4 is 11.8 Å². The van der Waals surface area contributed by atoms with E-state index in [-0.39, 0.29) is 108 Å². The van der Waals surface area contributed by atoms with Gasteiger partial charge in [-0.15, -0.1) is 0 Å². The summed E-state index contributed by atoms with van der Waals surface area (Å²) in [5, 5.41) is 51.0. The molecule has 3 unspecified atom stereocenters. The number of nitrogens with one attached hydrogen (secondary N) is 1. The van der Waals surface area contributed by atoms with Crippen LogP contribution >= 0.6 is 0 Å². The van der Waals surface area contributed by atoms with Crippen molar-refractivity contribution in [2.24, 2.45) is 28.1 Å². The monoisotopic (exact) mass is 1030 g/mol. The Balaban J connectivity index is 0.00000323. The molecule has 5 N–H and O–H groups in total. The number of aliphatic hydroxyl groups is 4. The summed E-state index contributed by atoms with van der Waals surface area (Å²) in [6.45, 7) is 16.7. The molecule has 0 spiro atoms. The van der Waals surface area contributed by atoms with Gasteiger partial charge in [0.1, 0.15) is 17.8 Å². The fourth-order valence-electron chi connectivity index (χ4n) is 9.31. The van der Waals surface area contributed by atoms with Gasteiger partial charge in [-0.3, -0.25) is 9.59 Å². The third-order valence-electron chi connectivity index (χ3n) is 12.8. The van der Waals surface area contributed by atoms with Gasteiger partial charge in [0.25, 0.3) is 0 Å². The number of Topliss-reactive ketones (excluding diaryl/α,β-unsaturated/α-hetero) is 1. The Morgan fingerprint density at radius 2 is 1.72 bits per heavy atom. The SMILES string of the molecule is CCCC(C)(NC)C(C)(CC)C(=O)O[C@H]1C[C@@]2(O)[C@@H](C)C3[C@]4(O)CO[C@@H]4C[C@H](O)[C@@]3(C)C(=O)[C@H](O)C(=C1C)C2(C)C.[Ac].[Ac]. The Kier molecular flexibility index (Phi) is 12.7. The van der Waals surface area contributed by atoms with Crippen molar-refractivity contribution < 1.29 is 128 Å². The van der Waals surface area contributed by atoms with E-state index in [9.17, 15) is 30.0 Å². The molecular weight excluding hydrogens is 980 g/mol. The summed E-state index contributed by atoms with van der Waals surface area (Å²) < 4.78 is 11.9. The number of fused-ring (bicyclic) bond motifs is 5. The number of esters is 1. The maximum Gasteiger partial charge on any atom is 0.314 e. The van der Waals surface area contributed by atoms with Gasteiger partial charge in [-0.2, -0.15) is 0 Å². The Morgan fingerprint density at radius 1 is 1.14 bits per heavy atom. The molecule has 0 aromatic heterocycles. The van der Waals surface area contributed by atoms with Crippen LogP contribution in [0.1, 0.15) is 94.4 Å². The minimum atomic E-state index is -1.66. The molecule has 1 saturated heterocycles. The summed E-state index contributed by atoms with van der Waals surface area (Å²) in [6, 6.07) is 0. The van der Waals surface area contributed by atoms with Crippen molar-refractivity contribution in [3.8, 4) is 0 Å². The zero-order valence-electron chi connectivity index (χ0n) is 27.8. The summed E-state index contributed by atoms with van der Waals surface area (Å²) in [5.41, 5.74) is -6.28. The summed E-state index contributed by atoms with van der Waals surface area (Å²) in [7, 11) is 1.84. The summed E-state index contributed by atoms with van der Waals surface area (Å²) >= 11 is 0. The van der Waals surface area contributed by atoms with Crippen molar-refractivity contribution in [3.05, 3.63) is 11.1 Å². The van der Waals surface area contributed by atoms with Crippen LogP contribution in [0.5, 0.6) is 0 Å². The predicted octanol–water partition coefficient (Wildman–Crippen LogP) is 2.67. The van der Waals surface area contributed by atoms with Gasteiger partial charge in [0, 0.05) is 118 Å². The molecule has 2 radical (unpaired) electrons. The molecule has 4 aliphatic rings.